The summed E-state index contributed by atoms with van der Waals surface area (Å²) in [6, 6.07) is 4.56. The van der Waals surface area contributed by atoms with Gasteiger partial charge in [0, 0.05) is 23.6 Å². The predicted molar refractivity (Wildman–Crippen MR) is 74.9 cm³/mol. The summed E-state index contributed by atoms with van der Waals surface area (Å²) in [5.74, 6) is 0.892. The Morgan fingerprint density at radius 3 is 2.65 bits per heavy atom. The highest BCUT2D eigenvalue weighted by molar-refractivity contribution is 6.30. The van der Waals surface area contributed by atoms with Gasteiger partial charge in [0.05, 0.1) is 6.54 Å². The van der Waals surface area contributed by atoms with Crippen LogP contribution in [0.5, 0.6) is 0 Å². The lowest BCUT2D eigenvalue weighted by molar-refractivity contribution is 0.364. The molecular formula is C14H17ClFN3O. The van der Waals surface area contributed by atoms with Crippen LogP contribution in [0.15, 0.2) is 22.6 Å². The fraction of sp³-hybridized carbons (Fsp3) is 0.429. The quantitative estimate of drug-likeness (QED) is 0.915. The summed E-state index contributed by atoms with van der Waals surface area (Å²) < 4.78 is 19.3. The molecule has 1 aromatic heterocycles. The smallest absolute Gasteiger partial charge is 0.230 e. The normalized spacial score (nSPS) is 12.9. The molecule has 1 atom stereocenters. The van der Waals surface area contributed by atoms with E-state index in [0.717, 1.165) is 0 Å². The third kappa shape index (κ3) is 3.55. The molecule has 0 fully saturated rings. The average Bonchev–Trinajstić information content (AvgIpc) is 2.77. The minimum atomic E-state index is -0.314. The first-order valence-electron chi connectivity index (χ1n) is 6.44. The first-order chi connectivity index (χ1) is 9.47. The number of aryl methyl sites for hydroxylation is 1. The fourth-order valence-electron chi connectivity index (χ4n) is 2.06. The van der Waals surface area contributed by atoms with Crippen LogP contribution in [-0.4, -0.2) is 10.2 Å². The summed E-state index contributed by atoms with van der Waals surface area (Å²) >= 11 is 5.78. The van der Waals surface area contributed by atoms with Gasteiger partial charge in [0.25, 0.3) is 0 Å². The molecule has 0 radical (unpaired) electrons. The van der Waals surface area contributed by atoms with Crippen molar-refractivity contribution < 1.29 is 8.81 Å². The molecule has 0 saturated carbocycles. The molecule has 2 rings (SSSR count). The molecule has 0 aliphatic rings. The van der Waals surface area contributed by atoms with Gasteiger partial charge in [-0.2, -0.15) is 0 Å². The van der Waals surface area contributed by atoms with Gasteiger partial charge in [-0.3, -0.25) is 0 Å². The second-order valence-corrected chi connectivity index (χ2v) is 5.42. The monoisotopic (exact) mass is 297 g/mol. The van der Waals surface area contributed by atoms with Gasteiger partial charge in [0.1, 0.15) is 5.82 Å². The van der Waals surface area contributed by atoms with Crippen molar-refractivity contribution >= 4 is 11.6 Å². The van der Waals surface area contributed by atoms with E-state index in [1.54, 1.807) is 19.1 Å². The number of benzene rings is 1. The van der Waals surface area contributed by atoms with E-state index in [9.17, 15) is 4.39 Å². The van der Waals surface area contributed by atoms with Crippen LogP contribution in [0.25, 0.3) is 0 Å². The lowest BCUT2D eigenvalue weighted by Crippen LogP contribution is -2.26. The molecule has 0 spiro atoms. The van der Waals surface area contributed by atoms with E-state index in [0.29, 0.717) is 28.9 Å². The summed E-state index contributed by atoms with van der Waals surface area (Å²) in [5, 5.41) is 11.3. The van der Waals surface area contributed by atoms with Crippen LogP contribution in [0.1, 0.15) is 37.2 Å². The van der Waals surface area contributed by atoms with E-state index >= 15 is 0 Å². The molecular weight excluding hydrogens is 281 g/mol. The van der Waals surface area contributed by atoms with Crippen molar-refractivity contribution in [3.63, 3.8) is 0 Å². The Balaban J connectivity index is 2.14. The van der Waals surface area contributed by atoms with Crippen LogP contribution in [0, 0.1) is 18.7 Å². The standard InChI is InChI=1S/C14H17ClFN3O/c1-8(2)14(11-5-4-10(15)6-12(11)16)17-7-13-19-18-9(3)20-13/h4-6,8,14,17H,7H2,1-3H3/t14-/m0/s1. The lowest BCUT2D eigenvalue weighted by atomic mass is 9.95. The van der Waals surface area contributed by atoms with Gasteiger partial charge in [-0.15, -0.1) is 10.2 Å². The lowest BCUT2D eigenvalue weighted by Gasteiger charge is -2.22. The summed E-state index contributed by atoms with van der Waals surface area (Å²) in [6.07, 6.45) is 0. The molecule has 1 heterocycles. The third-order valence-electron chi connectivity index (χ3n) is 3.01. The number of aromatic nitrogens is 2. The van der Waals surface area contributed by atoms with Crippen molar-refractivity contribution in [2.75, 3.05) is 0 Å². The summed E-state index contributed by atoms with van der Waals surface area (Å²) in [6.45, 7) is 6.16. The zero-order valence-electron chi connectivity index (χ0n) is 11.7. The van der Waals surface area contributed by atoms with Crippen molar-refractivity contribution in [3.05, 3.63) is 46.4 Å². The number of halogens is 2. The Hall–Kier alpha value is -1.46. The first kappa shape index (κ1) is 14.9. The van der Waals surface area contributed by atoms with E-state index in [1.165, 1.54) is 6.07 Å². The zero-order valence-corrected chi connectivity index (χ0v) is 12.4. The maximum atomic E-state index is 14.0. The molecule has 4 nitrogen and oxygen atoms in total. The van der Waals surface area contributed by atoms with Crippen molar-refractivity contribution in [3.8, 4) is 0 Å². The van der Waals surface area contributed by atoms with Gasteiger partial charge < -0.3 is 9.73 Å². The van der Waals surface area contributed by atoms with Crippen molar-refractivity contribution in [1.29, 1.82) is 0 Å². The second-order valence-electron chi connectivity index (χ2n) is 4.98. The van der Waals surface area contributed by atoms with E-state index in [2.05, 4.69) is 15.5 Å². The number of hydrogen-bond acceptors (Lipinski definition) is 4. The van der Waals surface area contributed by atoms with Gasteiger partial charge in [-0.25, -0.2) is 4.39 Å². The largest absolute Gasteiger partial charge is 0.424 e. The van der Waals surface area contributed by atoms with Crippen LogP contribution in [-0.2, 0) is 6.54 Å². The Morgan fingerprint density at radius 1 is 1.35 bits per heavy atom. The van der Waals surface area contributed by atoms with Gasteiger partial charge in [0.15, 0.2) is 0 Å². The number of hydrogen-bond donors (Lipinski definition) is 1. The van der Waals surface area contributed by atoms with E-state index in [-0.39, 0.29) is 17.8 Å². The highest BCUT2D eigenvalue weighted by Crippen LogP contribution is 2.26. The molecule has 6 heteroatoms. The van der Waals surface area contributed by atoms with Gasteiger partial charge in [-0.1, -0.05) is 31.5 Å². The Labute approximate surface area is 122 Å². The van der Waals surface area contributed by atoms with Crippen LogP contribution in [0.3, 0.4) is 0 Å². The van der Waals surface area contributed by atoms with Crippen molar-refractivity contribution in [2.24, 2.45) is 5.92 Å². The van der Waals surface area contributed by atoms with Crippen LogP contribution >= 0.6 is 11.6 Å². The van der Waals surface area contributed by atoms with Crippen molar-refractivity contribution in [1.82, 2.24) is 15.5 Å². The highest BCUT2D eigenvalue weighted by atomic mass is 35.5. The summed E-state index contributed by atoms with van der Waals surface area (Å²) in [4.78, 5) is 0. The Morgan fingerprint density at radius 2 is 2.10 bits per heavy atom. The maximum absolute atomic E-state index is 14.0. The van der Waals surface area contributed by atoms with E-state index < -0.39 is 0 Å². The second kappa shape index (κ2) is 6.33. The van der Waals surface area contributed by atoms with Gasteiger partial charge >= 0.3 is 0 Å². The van der Waals surface area contributed by atoms with E-state index in [4.69, 9.17) is 16.0 Å². The van der Waals surface area contributed by atoms with E-state index in [1.807, 2.05) is 13.8 Å². The predicted octanol–water partition coefficient (Wildman–Crippen LogP) is 3.66. The molecule has 0 unspecified atom stereocenters. The molecule has 0 bridgehead atoms. The maximum Gasteiger partial charge on any atom is 0.230 e. The van der Waals surface area contributed by atoms with Gasteiger partial charge in [0.2, 0.25) is 11.8 Å². The average molecular weight is 298 g/mol. The minimum Gasteiger partial charge on any atom is -0.424 e. The molecule has 2 aromatic rings. The first-order valence-corrected chi connectivity index (χ1v) is 6.82. The molecule has 0 aliphatic carbocycles. The number of rotatable bonds is 5. The highest BCUT2D eigenvalue weighted by Gasteiger charge is 2.20. The Kier molecular flexibility index (Phi) is 4.73. The Bertz CT molecular complexity index is 586. The third-order valence-corrected chi connectivity index (χ3v) is 3.24. The van der Waals surface area contributed by atoms with Crippen LogP contribution in [0.2, 0.25) is 5.02 Å². The molecule has 0 saturated heterocycles. The zero-order chi connectivity index (χ0) is 14.7. The minimum absolute atomic E-state index is 0.153. The molecule has 1 aromatic carbocycles. The number of nitrogens with zero attached hydrogens (tertiary/aromatic N) is 2. The van der Waals surface area contributed by atoms with Crippen LogP contribution in [0.4, 0.5) is 4.39 Å². The molecule has 1 N–H and O–H groups in total. The molecule has 108 valence electrons. The van der Waals surface area contributed by atoms with Gasteiger partial charge in [-0.05, 0) is 18.1 Å². The molecule has 0 aliphatic heterocycles. The number of nitrogens with one attached hydrogen (secondary N) is 1. The SMILES string of the molecule is Cc1nnc(CN[C@H](c2ccc(Cl)cc2F)C(C)C)o1. The van der Waals surface area contributed by atoms with Crippen molar-refractivity contribution in [2.45, 2.75) is 33.4 Å². The molecule has 20 heavy (non-hydrogen) atoms. The summed E-state index contributed by atoms with van der Waals surface area (Å²) in [5.41, 5.74) is 0.584. The fourth-order valence-corrected chi connectivity index (χ4v) is 2.22. The topological polar surface area (TPSA) is 51.0 Å². The molecule has 0 amide bonds. The summed E-state index contributed by atoms with van der Waals surface area (Å²) in [7, 11) is 0. The van der Waals surface area contributed by atoms with Crippen LogP contribution < -0.4 is 5.32 Å².